The van der Waals surface area contributed by atoms with Crippen LogP contribution in [0.2, 0.25) is 0 Å². The van der Waals surface area contributed by atoms with E-state index in [0.717, 1.165) is 57.7 Å². The number of halogens is 1. The number of benzene rings is 2. The molecule has 64 heavy (non-hydrogen) atoms. The number of nitrogens with one attached hydrogen (secondary N) is 3. The Balaban J connectivity index is 0.974. The molecule has 6 atom stereocenters. The lowest BCUT2D eigenvalue weighted by molar-refractivity contribution is -0.135. The van der Waals surface area contributed by atoms with E-state index in [2.05, 4.69) is 45.8 Å². The number of hydrogen-bond donors (Lipinski definition) is 3. The summed E-state index contributed by atoms with van der Waals surface area (Å²) in [5.41, 5.74) is 5.38. The van der Waals surface area contributed by atoms with Gasteiger partial charge in [-0.2, -0.15) is 0 Å². The smallest absolute Gasteiger partial charge is 0.411 e. The number of carbonyl (C=O) groups is 3. The highest BCUT2D eigenvalue weighted by Gasteiger charge is 2.56. The normalized spacial score (nSPS) is 21.7. The highest BCUT2D eigenvalue weighted by Crippen LogP contribution is 2.54. The number of aryl methyl sites for hydroxylation is 2. The molecule has 4 aromatic heterocycles. The van der Waals surface area contributed by atoms with Crippen molar-refractivity contribution >= 4 is 40.3 Å². The van der Waals surface area contributed by atoms with E-state index in [1.165, 1.54) is 18.1 Å². The van der Waals surface area contributed by atoms with Crippen molar-refractivity contribution in [2.24, 2.45) is 11.8 Å². The SMILES string of the molecule is COC(=O)NC(C(=O)N1CCC[C@H]1c1ncc(-c2cc(F)c3c(c2)OC(c2cc(C)c(C)s2)n2c-3cc3cc(-c4cnc([C@@H]5C[C@H]6C[C@H]6N5C(=O)OC(C)(C)C)[nH]4)ccc32)[nH]1)C(C)C. The van der Waals surface area contributed by atoms with Crippen LogP contribution in [-0.4, -0.2) is 83.7 Å². The van der Waals surface area contributed by atoms with Crippen LogP contribution in [0.1, 0.15) is 106 Å². The number of piperidine rings is 1. The van der Waals surface area contributed by atoms with Crippen molar-refractivity contribution < 1.29 is 33.0 Å². The summed E-state index contributed by atoms with van der Waals surface area (Å²) >= 11 is 1.66. The van der Waals surface area contributed by atoms with Gasteiger partial charge < -0.3 is 34.4 Å². The number of H-pyrrole nitrogens is 2. The number of rotatable bonds is 8. The lowest BCUT2D eigenvalue weighted by atomic mass is 10.0. The Morgan fingerprint density at radius 3 is 2.39 bits per heavy atom. The van der Waals surface area contributed by atoms with Gasteiger partial charge in [0, 0.05) is 34.0 Å². The number of methoxy groups -OCH3 is 1. The van der Waals surface area contributed by atoms with Gasteiger partial charge in [-0.3, -0.25) is 14.3 Å². The van der Waals surface area contributed by atoms with Crippen molar-refractivity contribution in [3.63, 3.8) is 0 Å². The van der Waals surface area contributed by atoms with Gasteiger partial charge in [0.15, 0.2) is 0 Å². The molecule has 3 N–H and O–H groups in total. The molecular weight excluding hydrogens is 836 g/mol. The Labute approximate surface area is 374 Å². The molecule has 16 heteroatoms. The van der Waals surface area contributed by atoms with Crippen LogP contribution in [0.3, 0.4) is 0 Å². The summed E-state index contributed by atoms with van der Waals surface area (Å²) in [6, 6.07) is 12.6. The number of nitrogens with zero attached hydrogens (tertiary/aromatic N) is 5. The second kappa shape index (κ2) is 15.5. The molecule has 1 aliphatic carbocycles. The van der Waals surface area contributed by atoms with E-state index >= 15 is 4.39 Å². The topological polar surface area (TPSA) is 160 Å². The molecule has 2 saturated heterocycles. The van der Waals surface area contributed by atoms with Crippen LogP contribution in [0.15, 0.2) is 54.9 Å². The number of fused-ring (bicyclic) bond motifs is 6. The summed E-state index contributed by atoms with van der Waals surface area (Å²) in [5, 5.41) is 3.60. The number of hydrogen-bond acceptors (Lipinski definition) is 9. The number of aromatic amines is 2. The fourth-order valence-corrected chi connectivity index (χ4v) is 10.8. The van der Waals surface area contributed by atoms with Gasteiger partial charge in [-0.05, 0) is 114 Å². The summed E-state index contributed by atoms with van der Waals surface area (Å²) in [6.07, 6.45) is 5.25. The van der Waals surface area contributed by atoms with E-state index in [1.54, 1.807) is 22.4 Å². The van der Waals surface area contributed by atoms with Crippen molar-refractivity contribution in [1.29, 1.82) is 0 Å². The molecule has 3 fully saturated rings. The van der Waals surface area contributed by atoms with E-state index in [0.29, 0.717) is 53.0 Å². The van der Waals surface area contributed by atoms with Gasteiger partial charge in [-0.1, -0.05) is 19.9 Å². The predicted octanol–water partition coefficient (Wildman–Crippen LogP) is 9.96. The molecule has 0 spiro atoms. The lowest BCUT2D eigenvalue weighted by Gasteiger charge is -2.30. The molecule has 2 unspecified atom stereocenters. The maximum Gasteiger partial charge on any atom is 0.411 e. The van der Waals surface area contributed by atoms with E-state index in [-0.39, 0.29) is 36.0 Å². The van der Waals surface area contributed by atoms with Gasteiger partial charge in [0.2, 0.25) is 12.1 Å². The summed E-state index contributed by atoms with van der Waals surface area (Å²) < 4.78 is 36.3. The first-order valence-corrected chi connectivity index (χ1v) is 22.9. The fraction of sp³-hybridized carbons (Fsp3) is 0.438. The third-order valence-electron chi connectivity index (χ3n) is 13.1. The molecule has 10 rings (SSSR count). The van der Waals surface area contributed by atoms with E-state index in [9.17, 15) is 14.4 Å². The maximum absolute atomic E-state index is 16.8. The highest BCUT2D eigenvalue weighted by molar-refractivity contribution is 7.12. The second-order valence-electron chi connectivity index (χ2n) is 19.0. The standard InChI is InChI=1S/C48H53FN8O6S/c1-23(2)41(54-46(59)61-8)44(58)55-13-9-10-34(55)42-50-22-32(53-42)27-16-30(49)40-36-18-28-15-26(11-12-33(28)56(36)45(62-38(40)20-27)39-14-24(3)25(4)64-39)31-21-51-43(52-31)37-19-29-17-35(29)57(37)47(60)63-48(5,6)7/h11-12,14-16,18,20-23,29,34-35,37,41,45H,9-10,13,17,19H2,1-8H3,(H,50,53)(H,51,52)(H,54,59)/t29-,34+,35-,37+,41?,45?/m1/s1. The Bertz CT molecular complexity index is 2810. The Morgan fingerprint density at radius 2 is 1.70 bits per heavy atom. The minimum Gasteiger partial charge on any atom is -0.464 e. The number of likely N-dealkylation sites (tertiary alicyclic amines) is 2. The Morgan fingerprint density at radius 1 is 0.969 bits per heavy atom. The minimum atomic E-state index is -0.760. The summed E-state index contributed by atoms with van der Waals surface area (Å²) in [4.78, 5) is 61.4. The Kier molecular flexibility index (Phi) is 10.1. The van der Waals surface area contributed by atoms with Crippen LogP contribution in [0.5, 0.6) is 5.75 Å². The van der Waals surface area contributed by atoms with Gasteiger partial charge in [0.1, 0.15) is 34.9 Å². The molecule has 0 bridgehead atoms. The molecule has 1 saturated carbocycles. The molecule has 4 aliphatic rings. The van der Waals surface area contributed by atoms with Gasteiger partial charge in [0.25, 0.3) is 0 Å². The average Bonchev–Trinajstić information content (AvgIpc) is 3.97. The maximum atomic E-state index is 16.8. The zero-order valence-electron chi connectivity index (χ0n) is 37.2. The zero-order valence-corrected chi connectivity index (χ0v) is 38.1. The third-order valence-corrected chi connectivity index (χ3v) is 14.3. The number of aromatic nitrogens is 5. The van der Waals surface area contributed by atoms with Crippen LogP contribution >= 0.6 is 11.3 Å². The summed E-state index contributed by atoms with van der Waals surface area (Å²) in [7, 11) is 1.27. The van der Waals surface area contributed by atoms with Crippen LogP contribution in [0.4, 0.5) is 14.0 Å². The first kappa shape index (κ1) is 41.8. The number of ether oxygens (including phenoxy) is 3. The van der Waals surface area contributed by atoms with Gasteiger partial charge >= 0.3 is 12.2 Å². The number of imidazole rings is 2. The van der Waals surface area contributed by atoms with Crippen LogP contribution in [-0.2, 0) is 14.3 Å². The molecule has 0 radical (unpaired) electrons. The summed E-state index contributed by atoms with van der Waals surface area (Å²) in [5.74, 6) is 1.37. The van der Waals surface area contributed by atoms with Crippen molar-refractivity contribution in [1.82, 2.24) is 39.6 Å². The molecule has 2 aromatic carbocycles. The lowest BCUT2D eigenvalue weighted by Crippen LogP contribution is -2.51. The average molecular weight is 889 g/mol. The molecule has 6 aromatic rings. The van der Waals surface area contributed by atoms with Crippen molar-refractivity contribution in [2.75, 3.05) is 13.7 Å². The van der Waals surface area contributed by atoms with Crippen molar-refractivity contribution in [2.45, 2.75) is 110 Å². The van der Waals surface area contributed by atoms with Gasteiger partial charge in [0.05, 0.1) is 64.6 Å². The molecule has 14 nitrogen and oxygen atoms in total. The minimum absolute atomic E-state index is 0.165. The van der Waals surface area contributed by atoms with E-state index in [1.807, 2.05) is 70.0 Å². The first-order chi connectivity index (χ1) is 30.6. The zero-order chi connectivity index (χ0) is 44.9. The van der Waals surface area contributed by atoms with E-state index in [4.69, 9.17) is 24.2 Å². The summed E-state index contributed by atoms with van der Waals surface area (Å²) in [6.45, 7) is 14.1. The number of thiophene rings is 1. The van der Waals surface area contributed by atoms with Crippen LogP contribution < -0.4 is 10.1 Å². The molecular formula is C48H53FN8O6S. The molecule has 3 amide bonds. The number of alkyl carbamates (subject to hydrolysis) is 1. The fourth-order valence-electron chi connectivity index (χ4n) is 9.79. The van der Waals surface area contributed by atoms with Crippen molar-refractivity contribution in [3.8, 4) is 39.5 Å². The third kappa shape index (κ3) is 7.28. The highest BCUT2D eigenvalue weighted by atomic mass is 32.1. The van der Waals surface area contributed by atoms with Gasteiger partial charge in [-0.25, -0.2) is 23.9 Å². The van der Waals surface area contributed by atoms with Crippen LogP contribution in [0, 0.1) is 31.5 Å². The van der Waals surface area contributed by atoms with Gasteiger partial charge in [-0.15, -0.1) is 11.3 Å². The van der Waals surface area contributed by atoms with Crippen LogP contribution in [0.25, 0.3) is 44.7 Å². The largest absolute Gasteiger partial charge is 0.464 e. The molecule has 3 aliphatic heterocycles. The van der Waals surface area contributed by atoms with Crippen molar-refractivity contribution in [3.05, 3.63) is 87.6 Å². The predicted molar refractivity (Wildman–Crippen MR) is 240 cm³/mol. The number of amides is 3. The van der Waals surface area contributed by atoms with E-state index < -0.39 is 29.8 Å². The first-order valence-electron chi connectivity index (χ1n) is 22.1. The molecule has 334 valence electrons. The number of carbonyl (C=O) groups excluding carboxylic acids is 3. The second-order valence-corrected chi connectivity index (χ2v) is 20.3. The monoisotopic (exact) mass is 888 g/mol. The Hall–Kier alpha value is -6.16. The quantitative estimate of drug-likeness (QED) is 0.136. The molecule has 7 heterocycles.